The molecule has 1 saturated carbocycles. The van der Waals surface area contributed by atoms with Crippen LogP contribution in [0.5, 0.6) is 0 Å². The van der Waals surface area contributed by atoms with E-state index in [4.69, 9.17) is 11.6 Å². The number of amides is 1. The second-order valence-electron chi connectivity index (χ2n) is 4.97. The molecule has 0 bridgehead atoms. The molecular formula is C12H16ClN3O3. The fraction of sp³-hybridized carbons (Fsp3) is 0.583. The van der Waals surface area contributed by atoms with E-state index in [0.717, 1.165) is 25.7 Å². The molecule has 6 nitrogen and oxygen atoms in total. The molecule has 1 N–H and O–H groups in total. The van der Waals surface area contributed by atoms with Gasteiger partial charge in [-0.3, -0.25) is 4.79 Å². The average Bonchev–Trinajstić information content (AvgIpc) is 2.96. The van der Waals surface area contributed by atoms with E-state index < -0.39 is 4.92 Å². The summed E-state index contributed by atoms with van der Waals surface area (Å²) in [5, 5.41) is 13.7. The number of nitrogens with one attached hydrogen (secondary N) is 1. The Labute approximate surface area is 115 Å². The maximum Gasteiger partial charge on any atom is 0.323 e. The molecule has 1 aromatic rings. The van der Waals surface area contributed by atoms with Crippen molar-refractivity contribution in [3.63, 3.8) is 0 Å². The molecule has 1 amide bonds. The van der Waals surface area contributed by atoms with E-state index in [2.05, 4.69) is 5.32 Å². The van der Waals surface area contributed by atoms with Gasteiger partial charge in [0.25, 0.3) is 5.91 Å². The number of alkyl halides is 1. The van der Waals surface area contributed by atoms with Crippen LogP contribution in [-0.2, 0) is 7.05 Å². The third-order valence-electron chi connectivity index (χ3n) is 3.71. The molecule has 2 rings (SSSR count). The minimum absolute atomic E-state index is 0.100. The van der Waals surface area contributed by atoms with E-state index in [-0.39, 0.29) is 23.0 Å². The minimum Gasteiger partial charge on any atom is -0.358 e. The Morgan fingerprint density at radius 3 is 2.63 bits per heavy atom. The second kappa shape index (κ2) is 5.21. The summed E-state index contributed by atoms with van der Waals surface area (Å²) in [6, 6.07) is 2.79. The van der Waals surface area contributed by atoms with Crippen molar-refractivity contribution in [2.45, 2.75) is 31.2 Å². The highest BCUT2D eigenvalue weighted by molar-refractivity contribution is 6.19. The average molecular weight is 286 g/mol. The van der Waals surface area contributed by atoms with Crippen LogP contribution in [0.2, 0.25) is 0 Å². The highest BCUT2D eigenvalue weighted by Crippen LogP contribution is 2.31. The van der Waals surface area contributed by atoms with E-state index in [0.29, 0.717) is 5.88 Å². The van der Waals surface area contributed by atoms with Crippen LogP contribution in [0.25, 0.3) is 0 Å². The SMILES string of the molecule is Cn1c(C(=O)NC2(CCl)CCCC2)ccc1[N+](=O)[O-]. The first-order valence-electron chi connectivity index (χ1n) is 6.18. The van der Waals surface area contributed by atoms with Crippen molar-refractivity contribution in [1.82, 2.24) is 9.88 Å². The summed E-state index contributed by atoms with van der Waals surface area (Å²) in [5.41, 5.74) is -0.0828. The van der Waals surface area contributed by atoms with Gasteiger partial charge in [-0.15, -0.1) is 11.6 Å². The summed E-state index contributed by atoms with van der Waals surface area (Å²) in [6.07, 6.45) is 3.80. The van der Waals surface area contributed by atoms with E-state index >= 15 is 0 Å². The number of rotatable bonds is 4. The largest absolute Gasteiger partial charge is 0.358 e. The molecule has 0 unspecified atom stereocenters. The third-order valence-corrected chi connectivity index (χ3v) is 4.22. The van der Waals surface area contributed by atoms with Crippen LogP contribution in [0.4, 0.5) is 5.82 Å². The van der Waals surface area contributed by atoms with Crippen molar-refractivity contribution >= 4 is 23.3 Å². The number of carbonyl (C=O) groups is 1. The lowest BCUT2D eigenvalue weighted by molar-refractivity contribution is -0.391. The lowest BCUT2D eigenvalue weighted by Gasteiger charge is -2.27. The summed E-state index contributed by atoms with van der Waals surface area (Å²) in [6.45, 7) is 0. The predicted octanol–water partition coefficient (Wildman–Crippen LogP) is 2.21. The maximum absolute atomic E-state index is 12.2. The quantitative estimate of drug-likeness (QED) is 0.523. The van der Waals surface area contributed by atoms with Crippen LogP contribution in [0.15, 0.2) is 12.1 Å². The normalized spacial score (nSPS) is 17.4. The molecule has 1 aromatic heterocycles. The molecule has 1 aliphatic rings. The standard InChI is InChI=1S/C12H16ClN3O3/c1-15-9(4-5-10(15)16(18)19)11(17)14-12(8-13)6-2-3-7-12/h4-5H,2-3,6-8H2,1H3,(H,14,17). The molecule has 0 aliphatic heterocycles. The molecule has 1 fully saturated rings. The number of hydrogen-bond donors (Lipinski definition) is 1. The predicted molar refractivity (Wildman–Crippen MR) is 71.5 cm³/mol. The van der Waals surface area contributed by atoms with Gasteiger partial charge in [0.05, 0.1) is 12.6 Å². The molecule has 1 aliphatic carbocycles. The monoisotopic (exact) mass is 285 g/mol. The Balaban J connectivity index is 2.18. The first kappa shape index (κ1) is 13.9. The van der Waals surface area contributed by atoms with E-state index in [1.165, 1.54) is 23.7 Å². The van der Waals surface area contributed by atoms with Crippen LogP contribution in [0.1, 0.15) is 36.2 Å². The molecule has 0 atom stereocenters. The highest BCUT2D eigenvalue weighted by Gasteiger charge is 2.36. The molecule has 0 aromatic carbocycles. The zero-order chi connectivity index (χ0) is 14.0. The van der Waals surface area contributed by atoms with Gasteiger partial charge < -0.3 is 15.4 Å². The van der Waals surface area contributed by atoms with Crippen molar-refractivity contribution in [1.29, 1.82) is 0 Å². The summed E-state index contributed by atoms with van der Waals surface area (Å²) in [4.78, 5) is 22.5. The topological polar surface area (TPSA) is 77.2 Å². The molecular weight excluding hydrogens is 270 g/mol. The van der Waals surface area contributed by atoms with Crippen LogP contribution in [-0.4, -0.2) is 26.8 Å². The number of nitro groups is 1. The van der Waals surface area contributed by atoms with Gasteiger partial charge in [0.15, 0.2) is 5.69 Å². The first-order chi connectivity index (χ1) is 8.99. The van der Waals surface area contributed by atoms with Crippen molar-refractivity contribution in [3.05, 3.63) is 27.9 Å². The molecule has 19 heavy (non-hydrogen) atoms. The molecule has 0 spiro atoms. The number of nitrogens with zero attached hydrogens (tertiary/aromatic N) is 2. The second-order valence-corrected chi connectivity index (χ2v) is 5.24. The summed E-state index contributed by atoms with van der Waals surface area (Å²) in [7, 11) is 1.51. The number of carbonyl (C=O) groups excluding carboxylic acids is 1. The third kappa shape index (κ3) is 2.58. The smallest absolute Gasteiger partial charge is 0.323 e. The minimum atomic E-state index is -0.510. The Morgan fingerprint density at radius 1 is 1.53 bits per heavy atom. The number of aromatic nitrogens is 1. The summed E-state index contributed by atoms with van der Waals surface area (Å²) in [5.74, 6) is -0.0414. The fourth-order valence-electron chi connectivity index (χ4n) is 2.56. The molecule has 1 heterocycles. The zero-order valence-electron chi connectivity index (χ0n) is 10.7. The van der Waals surface area contributed by atoms with Crippen molar-refractivity contribution < 1.29 is 9.72 Å². The van der Waals surface area contributed by atoms with Crippen molar-refractivity contribution in [2.24, 2.45) is 7.05 Å². The van der Waals surface area contributed by atoms with Gasteiger partial charge in [0.1, 0.15) is 0 Å². The van der Waals surface area contributed by atoms with E-state index in [1.54, 1.807) is 0 Å². The maximum atomic E-state index is 12.2. The van der Waals surface area contributed by atoms with Crippen LogP contribution < -0.4 is 5.32 Å². The lowest BCUT2D eigenvalue weighted by atomic mass is 10.0. The van der Waals surface area contributed by atoms with Gasteiger partial charge in [0.2, 0.25) is 0 Å². The van der Waals surface area contributed by atoms with Crippen molar-refractivity contribution in [3.8, 4) is 0 Å². The lowest BCUT2D eigenvalue weighted by Crippen LogP contribution is -2.48. The van der Waals surface area contributed by atoms with Gasteiger partial charge in [0, 0.05) is 11.9 Å². The highest BCUT2D eigenvalue weighted by atomic mass is 35.5. The van der Waals surface area contributed by atoms with E-state index in [9.17, 15) is 14.9 Å². The Hall–Kier alpha value is -1.56. The Bertz CT molecular complexity index is 506. The molecule has 0 radical (unpaired) electrons. The van der Waals surface area contributed by atoms with Gasteiger partial charge >= 0.3 is 5.82 Å². The van der Waals surface area contributed by atoms with Crippen molar-refractivity contribution in [2.75, 3.05) is 5.88 Å². The Morgan fingerprint density at radius 2 is 2.16 bits per heavy atom. The molecule has 104 valence electrons. The summed E-state index contributed by atoms with van der Waals surface area (Å²) < 4.78 is 1.28. The van der Waals surface area contributed by atoms with Gasteiger partial charge in [-0.25, -0.2) is 4.57 Å². The van der Waals surface area contributed by atoms with Gasteiger partial charge in [-0.2, -0.15) is 0 Å². The number of hydrogen-bond acceptors (Lipinski definition) is 3. The molecule has 7 heteroatoms. The van der Waals surface area contributed by atoms with Crippen LogP contribution in [0.3, 0.4) is 0 Å². The van der Waals surface area contributed by atoms with Crippen LogP contribution >= 0.6 is 11.6 Å². The fourth-order valence-corrected chi connectivity index (χ4v) is 2.89. The first-order valence-corrected chi connectivity index (χ1v) is 6.71. The summed E-state index contributed by atoms with van der Waals surface area (Å²) >= 11 is 5.96. The zero-order valence-corrected chi connectivity index (χ0v) is 11.4. The molecule has 0 saturated heterocycles. The van der Waals surface area contributed by atoms with Crippen LogP contribution in [0, 0.1) is 10.1 Å². The van der Waals surface area contributed by atoms with Gasteiger partial charge in [-0.05, 0) is 23.8 Å². The van der Waals surface area contributed by atoms with Gasteiger partial charge in [-0.1, -0.05) is 12.8 Å². The van der Waals surface area contributed by atoms with E-state index in [1.807, 2.05) is 0 Å². The Kier molecular flexibility index (Phi) is 3.80. The number of halogens is 1.